The molecule has 0 saturated carbocycles. The summed E-state index contributed by atoms with van der Waals surface area (Å²) in [4.78, 5) is 12.7. The summed E-state index contributed by atoms with van der Waals surface area (Å²) < 4.78 is 17.1. The third kappa shape index (κ3) is 6.06. The molecule has 2 unspecified atom stereocenters. The van der Waals surface area contributed by atoms with Crippen LogP contribution in [0.4, 0.5) is 0 Å². The minimum Gasteiger partial charge on any atom is -0.490 e. The van der Waals surface area contributed by atoms with Crippen LogP contribution in [0.1, 0.15) is 45.7 Å². The van der Waals surface area contributed by atoms with Crippen LogP contribution in [0.3, 0.4) is 0 Å². The minimum absolute atomic E-state index is 0.179. The summed E-state index contributed by atoms with van der Waals surface area (Å²) in [7, 11) is 0. The molecule has 0 heterocycles. The molecular formula is C22H28ClNO4. The Kier molecular flexibility index (Phi) is 8.45. The van der Waals surface area contributed by atoms with Crippen molar-refractivity contribution < 1.29 is 19.0 Å². The minimum atomic E-state index is -0.602. The predicted octanol–water partition coefficient (Wildman–Crippen LogP) is 5.17. The van der Waals surface area contributed by atoms with Gasteiger partial charge < -0.3 is 19.5 Å². The number of halogens is 1. The molecule has 0 spiro atoms. The second kappa shape index (κ2) is 10.8. The fraction of sp³-hybridized carbons (Fsp3) is 0.409. The van der Waals surface area contributed by atoms with Gasteiger partial charge in [-0.2, -0.15) is 0 Å². The zero-order chi connectivity index (χ0) is 20.5. The van der Waals surface area contributed by atoms with Crippen molar-refractivity contribution in [2.24, 2.45) is 0 Å². The fourth-order valence-corrected chi connectivity index (χ4v) is 2.93. The number of benzene rings is 2. The number of hydrogen-bond donors (Lipinski definition) is 1. The zero-order valence-electron chi connectivity index (χ0n) is 16.8. The average Bonchev–Trinajstić information content (AvgIpc) is 2.67. The van der Waals surface area contributed by atoms with Gasteiger partial charge in [0.15, 0.2) is 17.6 Å². The highest BCUT2D eigenvalue weighted by molar-refractivity contribution is 6.30. The van der Waals surface area contributed by atoms with Gasteiger partial charge in [0.2, 0.25) is 0 Å². The number of carbonyl (C=O) groups is 1. The molecule has 0 saturated heterocycles. The summed E-state index contributed by atoms with van der Waals surface area (Å²) in [5.41, 5.74) is 0.929. The molecule has 0 radical (unpaired) electrons. The number of carbonyl (C=O) groups excluding carboxylic acids is 1. The Labute approximate surface area is 171 Å². The third-order valence-electron chi connectivity index (χ3n) is 4.16. The van der Waals surface area contributed by atoms with Gasteiger partial charge in [-0.3, -0.25) is 4.79 Å². The topological polar surface area (TPSA) is 56.8 Å². The van der Waals surface area contributed by atoms with Crippen LogP contribution in [0.25, 0.3) is 0 Å². The van der Waals surface area contributed by atoms with Crippen LogP contribution < -0.4 is 19.5 Å². The number of nitrogens with one attached hydrogen (secondary N) is 1. The molecule has 0 fully saturated rings. The molecule has 28 heavy (non-hydrogen) atoms. The lowest BCUT2D eigenvalue weighted by Gasteiger charge is -2.21. The standard InChI is InChI=1S/C22H28ClNO4/c1-5-19(28-18-10-8-9-17(23)14-18)22(25)24-15(4)16-11-12-20(26-6-2)21(13-16)27-7-3/h8-15,19H,5-7H2,1-4H3,(H,24,25). The van der Waals surface area contributed by atoms with Gasteiger partial charge in [-0.1, -0.05) is 30.7 Å². The molecule has 0 bridgehead atoms. The first-order valence-electron chi connectivity index (χ1n) is 9.60. The molecule has 1 N–H and O–H groups in total. The molecule has 2 atom stereocenters. The van der Waals surface area contributed by atoms with E-state index >= 15 is 0 Å². The van der Waals surface area contributed by atoms with E-state index in [2.05, 4.69) is 5.32 Å². The first-order valence-corrected chi connectivity index (χ1v) is 9.98. The van der Waals surface area contributed by atoms with Crippen molar-refractivity contribution in [3.05, 3.63) is 53.1 Å². The van der Waals surface area contributed by atoms with E-state index in [1.165, 1.54) is 0 Å². The Hall–Kier alpha value is -2.40. The molecule has 0 aromatic heterocycles. The van der Waals surface area contributed by atoms with Crippen molar-refractivity contribution in [3.8, 4) is 17.2 Å². The van der Waals surface area contributed by atoms with E-state index in [1.807, 2.05) is 45.9 Å². The molecule has 0 aliphatic carbocycles. The van der Waals surface area contributed by atoms with Gasteiger partial charge >= 0.3 is 0 Å². The predicted molar refractivity (Wildman–Crippen MR) is 111 cm³/mol. The number of amides is 1. The summed E-state index contributed by atoms with van der Waals surface area (Å²) in [6, 6.07) is 12.5. The summed E-state index contributed by atoms with van der Waals surface area (Å²) in [6.07, 6.45) is -0.0617. The first-order chi connectivity index (χ1) is 13.5. The number of hydrogen-bond acceptors (Lipinski definition) is 4. The molecule has 0 aliphatic heterocycles. The molecule has 5 nitrogen and oxygen atoms in total. The number of rotatable bonds is 10. The molecule has 0 aliphatic rings. The monoisotopic (exact) mass is 405 g/mol. The maximum absolute atomic E-state index is 12.7. The van der Waals surface area contributed by atoms with E-state index in [-0.39, 0.29) is 11.9 Å². The van der Waals surface area contributed by atoms with Crippen LogP contribution in [-0.4, -0.2) is 25.2 Å². The molecule has 2 aromatic carbocycles. The number of ether oxygens (including phenoxy) is 3. The molecule has 2 aromatic rings. The summed E-state index contributed by atoms with van der Waals surface area (Å²) >= 11 is 5.99. The van der Waals surface area contributed by atoms with Crippen LogP contribution in [0.2, 0.25) is 5.02 Å². The van der Waals surface area contributed by atoms with Crippen molar-refractivity contribution in [2.45, 2.75) is 46.3 Å². The second-order valence-corrected chi connectivity index (χ2v) is 6.71. The molecule has 1 amide bonds. The van der Waals surface area contributed by atoms with Crippen LogP contribution in [0.15, 0.2) is 42.5 Å². The Morgan fingerprint density at radius 1 is 1.04 bits per heavy atom. The Morgan fingerprint density at radius 2 is 1.75 bits per heavy atom. The third-order valence-corrected chi connectivity index (χ3v) is 4.40. The van der Waals surface area contributed by atoms with Crippen molar-refractivity contribution in [2.75, 3.05) is 13.2 Å². The van der Waals surface area contributed by atoms with Crippen molar-refractivity contribution in [1.82, 2.24) is 5.32 Å². The highest BCUT2D eigenvalue weighted by Crippen LogP contribution is 2.31. The summed E-state index contributed by atoms with van der Waals surface area (Å²) in [6.45, 7) is 8.78. The maximum Gasteiger partial charge on any atom is 0.261 e. The van der Waals surface area contributed by atoms with Gasteiger partial charge in [-0.05, 0) is 63.1 Å². The lowest BCUT2D eigenvalue weighted by Crippen LogP contribution is -2.39. The Morgan fingerprint density at radius 3 is 2.39 bits per heavy atom. The average molecular weight is 406 g/mol. The molecular weight excluding hydrogens is 378 g/mol. The van der Waals surface area contributed by atoms with E-state index < -0.39 is 6.10 Å². The van der Waals surface area contributed by atoms with Gasteiger partial charge in [0.25, 0.3) is 5.91 Å². The highest BCUT2D eigenvalue weighted by atomic mass is 35.5. The van der Waals surface area contributed by atoms with E-state index in [0.29, 0.717) is 41.9 Å². The largest absolute Gasteiger partial charge is 0.490 e. The van der Waals surface area contributed by atoms with Crippen molar-refractivity contribution in [3.63, 3.8) is 0 Å². The maximum atomic E-state index is 12.7. The molecule has 152 valence electrons. The van der Waals surface area contributed by atoms with Gasteiger partial charge in [0.1, 0.15) is 5.75 Å². The summed E-state index contributed by atoms with van der Waals surface area (Å²) in [5.74, 6) is 1.76. The van der Waals surface area contributed by atoms with Gasteiger partial charge in [-0.15, -0.1) is 0 Å². The van der Waals surface area contributed by atoms with Crippen LogP contribution in [0.5, 0.6) is 17.2 Å². The highest BCUT2D eigenvalue weighted by Gasteiger charge is 2.21. The van der Waals surface area contributed by atoms with Gasteiger partial charge in [0.05, 0.1) is 19.3 Å². The van der Waals surface area contributed by atoms with Gasteiger partial charge in [-0.25, -0.2) is 0 Å². The van der Waals surface area contributed by atoms with E-state index in [9.17, 15) is 4.79 Å². The smallest absolute Gasteiger partial charge is 0.261 e. The quantitative estimate of drug-likeness (QED) is 0.592. The lowest BCUT2D eigenvalue weighted by molar-refractivity contribution is -0.128. The van der Waals surface area contributed by atoms with E-state index in [4.69, 9.17) is 25.8 Å². The first kappa shape index (κ1) is 21.9. The molecule has 6 heteroatoms. The van der Waals surface area contributed by atoms with Crippen LogP contribution in [0, 0.1) is 0 Å². The lowest BCUT2D eigenvalue weighted by atomic mass is 10.1. The Balaban J connectivity index is 2.08. The Bertz CT molecular complexity index is 781. The van der Waals surface area contributed by atoms with Crippen molar-refractivity contribution in [1.29, 1.82) is 0 Å². The van der Waals surface area contributed by atoms with E-state index in [0.717, 1.165) is 5.56 Å². The van der Waals surface area contributed by atoms with Crippen molar-refractivity contribution >= 4 is 17.5 Å². The SMILES string of the molecule is CCOc1ccc(C(C)NC(=O)C(CC)Oc2cccc(Cl)c2)cc1OCC. The normalized spacial score (nSPS) is 12.8. The second-order valence-electron chi connectivity index (χ2n) is 6.27. The molecule has 2 rings (SSSR count). The zero-order valence-corrected chi connectivity index (χ0v) is 17.6. The summed E-state index contributed by atoms with van der Waals surface area (Å²) in [5, 5.41) is 3.58. The fourth-order valence-electron chi connectivity index (χ4n) is 2.75. The van der Waals surface area contributed by atoms with Crippen LogP contribution >= 0.6 is 11.6 Å². The van der Waals surface area contributed by atoms with E-state index in [1.54, 1.807) is 24.3 Å². The van der Waals surface area contributed by atoms with Crippen LogP contribution in [-0.2, 0) is 4.79 Å². The van der Waals surface area contributed by atoms with Gasteiger partial charge in [0, 0.05) is 5.02 Å².